The van der Waals surface area contributed by atoms with Crippen molar-refractivity contribution in [3.8, 4) is 0 Å². The number of aliphatic carboxylic acids is 1. The van der Waals surface area contributed by atoms with Crippen LogP contribution in [0.1, 0.15) is 52.9 Å². The zero-order chi connectivity index (χ0) is 24.3. The zero-order valence-electron chi connectivity index (χ0n) is 18.9. The molecule has 0 aliphatic heterocycles. The van der Waals surface area contributed by atoms with Gasteiger partial charge < -0.3 is 19.7 Å². The van der Waals surface area contributed by atoms with E-state index in [4.69, 9.17) is 14.6 Å². The molecule has 0 amide bonds. The Hall–Kier alpha value is -2.29. The Kier molecular flexibility index (Phi) is 5.70. The van der Waals surface area contributed by atoms with Gasteiger partial charge in [-0.2, -0.15) is 0 Å². The van der Waals surface area contributed by atoms with Crippen molar-refractivity contribution in [2.45, 2.75) is 83.0 Å². The normalized spacial score (nSPS) is 43.5. The van der Waals surface area contributed by atoms with Crippen LogP contribution in [0.5, 0.6) is 0 Å². The van der Waals surface area contributed by atoms with E-state index in [1.807, 2.05) is 6.92 Å². The number of carbonyl (C=O) groups is 3. The van der Waals surface area contributed by atoms with E-state index in [-0.39, 0.29) is 30.1 Å². The van der Waals surface area contributed by atoms with Gasteiger partial charge in [-0.15, -0.1) is 0 Å². The number of halogens is 2. The number of hydrogen-bond donors (Lipinski definition) is 2. The first kappa shape index (κ1) is 23.9. The van der Waals surface area contributed by atoms with Crippen LogP contribution in [0.25, 0.3) is 0 Å². The maximum Gasteiger partial charge on any atom is 0.508 e. The molecule has 2 N–H and O–H groups in total. The predicted octanol–water partition coefficient (Wildman–Crippen LogP) is 3.69. The summed E-state index contributed by atoms with van der Waals surface area (Å²) in [5.41, 5.74) is -3.32. The summed E-state index contributed by atoms with van der Waals surface area (Å²) in [6.07, 6.45) is -0.741. The Morgan fingerprint density at radius 3 is 2.58 bits per heavy atom. The van der Waals surface area contributed by atoms with Gasteiger partial charge in [0.25, 0.3) is 0 Å². The first-order valence-electron chi connectivity index (χ1n) is 11.4. The first-order chi connectivity index (χ1) is 15.3. The molecule has 7 nitrogen and oxygen atoms in total. The van der Waals surface area contributed by atoms with E-state index in [1.54, 1.807) is 6.92 Å². The average molecular weight is 468 g/mol. The monoisotopic (exact) mass is 468 g/mol. The molecule has 2 unspecified atom stereocenters. The van der Waals surface area contributed by atoms with Crippen LogP contribution in [0.2, 0.25) is 0 Å². The number of fused-ring (bicyclic) bond motifs is 5. The second kappa shape index (κ2) is 7.89. The molecule has 182 valence electrons. The molecule has 0 aromatic heterocycles. The van der Waals surface area contributed by atoms with Crippen molar-refractivity contribution in [3.05, 3.63) is 23.8 Å². The molecule has 9 atom stereocenters. The van der Waals surface area contributed by atoms with Gasteiger partial charge in [0, 0.05) is 16.7 Å². The maximum absolute atomic E-state index is 16.8. The number of alkyl halides is 2. The van der Waals surface area contributed by atoms with Crippen LogP contribution in [0.3, 0.4) is 0 Å². The Balaban J connectivity index is 1.53. The quantitative estimate of drug-likeness (QED) is 0.606. The highest BCUT2D eigenvalue weighted by Gasteiger charge is 2.68. The molecule has 4 rings (SSSR count). The maximum atomic E-state index is 16.8. The molecule has 0 saturated heterocycles. The third-order valence-electron chi connectivity index (χ3n) is 8.78. The van der Waals surface area contributed by atoms with E-state index in [1.165, 1.54) is 25.2 Å². The van der Waals surface area contributed by atoms with Crippen LogP contribution in [0, 0.1) is 22.7 Å². The van der Waals surface area contributed by atoms with Crippen LogP contribution in [0.15, 0.2) is 23.8 Å². The van der Waals surface area contributed by atoms with Crippen LogP contribution in [-0.2, 0) is 19.1 Å². The predicted molar refractivity (Wildman–Crippen MR) is 112 cm³/mol. The summed E-state index contributed by atoms with van der Waals surface area (Å²) < 4.78 is 42.5. The zero-order valence-corrected chi connectivity index (χ0v) is 18.9. The Morgan fingerprint density at radius 2 is 1.91 bits per heavy atom. The van der Waals surface area contributed by atoms with Crippen molar-refractivity contribution < 1.29 is 42.9 Å². The highest BCUT2D eigenvalue weighted by Crippen LogP contribution is 2.68. The summed E-state index contributed by atoms with van der Waals surface area (Å²) in [6.45, 7) is 4.83. The Bertz CT molecular complexity index is 932. The molecule has 0 heterocycles. The second-order valence-electron chi connectivity index (χ2n) is 10.4. The van der Waals surface area contributed by atoms with Crippen molar-refractivity contribution in [3.63, 3.8) is 0 Å². The molecule has 0 bridgehead atoms. The fraction of sp³-hybridized carbons (Fsp3) is 0.708. The third kappa shape index (κ3) is 3.50. The van der Waals surface area contributed by atoms with Gasteiger partial charge in [0.05, 0.1) is 0 Å². The van der Waals surface area contributed by atoms with Gasteiger partial charge in [0.1, 0.15) is 24.0 Å². The number of carboxylic acid groups (broad SMARTS) is 1. The van der Waals surface area contributed by atoms with Crippen LogP contribution >= 0.6 is 0 Å². The van der Waals surface area contributed by atoms with Crippen LogP contribution in [0.4, 0.5) is 13.6 Å². The standard InChI is InChI=1S/C24H30F2O7/c1-12(19(28)20(29)30)32-21(31)33-18-5-4-14-15-11-17(25)16-10-13(27)6-7-23(16,3)24(15,26)9-8-22(14,18)2/h6-7,10,12,14-15,17-19,28H,4-5,8-9,11H2,1-3H3,(H,29,30)/t12?,14-,15-,17-,18+,19?,22-,23-,24+/m0/s1. The summed E-state index contributed by atoms with van der Waals surface area (Å²) >= 11 is 0. The van der Waals surface area contributed by atoms with Gasteiger partial charge in [-0.05, 0) is 69.6 Å². The fourth-order valence-electron chi connectivity index (χ4n) is 6.78. The van der Waals surface area contributed by atoms with E-state index in [9.17, 15) is 19.5 Å². The molecule has 0 aromatic carbocycles. The van der Waals surface area contributed by atoms with Crippen molar-refractivity contribution >= 4 is 17.9 Å². The lowest BCUT2D eigenvalue weighted by Crippen LogP contribution is -2.62. The number of aliphatic hydroxyl groups excluding tert-OH is 1. The molecule has 4 aliphatic rings. The smallest absolute Gasteiger partial charge is 0.479 e. The minimum atomic E-state index is -1.88. The molecular formula is C24H30F2O7. The highest BCUT2D eigenvalue weighted by molar-refractivity contribution is 6.01. The highest BCUT2D eigenvalue weighted by atomic mass is 19.1. The molecule has 0 aromatic rings. The molecule has 3 saturated carbocycles. The van der Waals surface area contributed by atoms with Crippen molar-refractivity contribution in [2.75, 3.05) is 0 Å². The number of aliphatic hydroxyl groups is 1. The molecule has 0 radical (unpaired) electrons. The van der Waals surface area contributed by atoms with Gasteiger partial charge in [-0.3, -0.25) is 4.79 Å². The third-order valence-corrected chi connectivity index (χ3v) is 8.78. The molecule has 33 heavy (non-hydrogen) atoms. The largest absolute Gasteiger partial charge is 0.508 e. The lowest BCUT2D eigenvalue weighted by Gasteiger charge is -2.60. The number of ketones is 1. The lowest BCUT2D eigenvalue weighted by atomic mass is 9.46. The summed E-state index contributed by atoms with van der Waals surface area (Å²) in [7, 11) is 0. The van der Waals surface area contributed by atoms with Crippen molar-refractivity contribution in [2.24, 2.45) is 22.7 Å². The lowest BCUT2D eigenvalue weighted by molar-refractivity contribution is -0.157. The minimum Gasteiger partial charge on any atom is -0.479 e. The molecule has 3 fully saturated rings. The minimum absolute atomic E-state index is 0.0295. The average Bonchev–Trinajstić information content (AvgIpc) is 3.06. The van der Waals surface area contributed by atoms with Gasteiger partial charge >= 0.3 is 12.1 Å². The number of rotatable bonds is 4. The van der Waals surface area contributed by atoms with E-state index in [0.717, 1.165) is 0 Å². The summed E-state index contributed by atoms with van der Waals surface area (Å²) in [4.78, 5) is 35.0. The van der Waals surface area contributed by atoms with Gasteiger partial charge in [0.2, 0.25) is 0 Å². The number of ether oxygens (including phenoxy) is 2. The number of hydrogen-bond acceptors (Lipinski definition) is 6. The number of carboxylic acids is 1. The van der Waals surface area contributed by atoms with Crippen LogP contribution in [-0.4, -0.2) is 58.3 Å². The van der Waals surface area contributed by atoms with E-state index in [2.05, 4.69) is 0 Å². The molecular weight excluding hydrogens is 438 g/mol. The first-order valence-corrected chi connectivity index (χ1v) is 11.4. The second-order valence-corrected chi connectivity index (χ2v) is 10.4. The number of allylic oxidation sites excluding steroid dienone is 4. The van der Waals surface area contributed by atoms with Crippen LogP contribution < -0.4 is 0 Å². The summed E-state index contributed by atoms with van der Waals surface area (Å²) in [5.74, 6) is -2.70. The van der Waals surface area contributed by atoms with Gasteiger partial charge in [0.15, 0.2) is 11.9 Å². The van der Waals surface area contributed by atoms with E-state index < -0.39 is 59.0 Å². The Morgan fingerprint density at radius 1 is 1.21 bits per heavy atom. The number of carbonyl (C=O) groups excluding carboxylic acids is 2. The van der Waals surface area contributed by atoms with Crippen molar-refractivity contribution in [1.29, 1.82) is 0 Å². The molecule has 9 heteroatoms. The summed E-state index contributed by atoms with van der Waals surface area (Å²) in [6, 6.07) is 0. The Labute approximate surface area is 190 Å². The van der Waals surface area contributed by atoms with E-state index >= 15 is 8.78 Å². The van der Waals surface area contributed by atoms with Gasteiger partial charge in [-0.25, -0.2) is 18.4 Å². The summed E-state index contributed by atoms with van der Waals surface area (Å²) in [5, 5.41) is 18.4. The molecule has 0 spiro atoms. The SMILES string of the molecule is CC(OC(=O)O[C@@H]1CC[C@H]2[C@@H]3C[C@H](F)C4=CC(=O)C=C[C@]4(C)[C@@]3(F)CC[C@]12C)C(O)C(=O)O. The van der Waals surface area contributed by atoms with Gasteiger partial charge in [-0.1, -0.05) is 13.0 Å². The topological polar surface area (TPSA) is 110 Å². The van der Waals surface area contributed by atoms with E-state index in [0.29, 0.717) is 19.3 Å². The van der Waals surface area contributed by atoms with Crippen molar-refractivity contribution in [1.82, 2.24) is 0 Å². The molecule has 4 aliphatic carbocycles. The fourth-order valence-corrected chi connectivity index (χ4v) is 6.78.